The van der Waals surface area contributed by atoms with Gasteiger partial charge in [-0.05, 0) is 37.3 Å². The molecule has 1 aromatic carbocycles. The van der Waals surface area contributed by atoms with E-state index >= 15 is 0 Å². The summed E-state index contributed by atoms with van der Waals surface area (Å²) in [4.78, 5) is 18.8. The number of aromatic amines is 1. The molecule has 5 heterocycles. The summed E-state index contributed by atoms with van der Waals surface area (Å²) in [6, 6.07) is 9.20. The lowest BCUT2D eigenvalue weighted by molar-refractivity contribution is -0.157. The van der Waals surface area contributed by atoms with E-state index < -0.39 is 0 Å². The molecule has 124 valence electrons. The molecule has 3 saturated heterocycles. The van der Waals surface area contributed by atoms with Crippen molar-refractivity contribution in [1.29, 1.82) is 0 Å². The summed E-state index contributed by atoms with van der Waals surface area (Å²) in [5, 5.41) is 1.32. The third-order valence-corrected chi connectivity index (χ3v) is 6.43. The number of allylic oxidation sites excluding steroid dienone is 1. The molecule has 0 radical (unpaired) electrons. The highest BCUT2D eigenvalue weighted by Crippen LogP contribution is 2.54. The number of methoxy groups -OCH3 is 1. The zero-order chi connectivity index (χ0) is 16.4. The summed E-state index contributed by atoms with van der Waals surface area (Å²) in [6.45, 7) is 3.08. The first-order chi connectivity index (χ1) is 11.7. The molecule has 0 saturated carbocycles. The van der Waals surface area contributed by atoms with Crippen LogP contribution in [-0.4, -0.2) is 35.5 Å². The zero-order valence-electron chi connectivity index (χ0n) is 14.1. The molecule has 4 heteroatoms. The number of esters is 1. The first kappa shape index (κ1) is 14.3. The van der Waals surface area contributed by atoms with E-state index in [-0.39, 0.29) is 17.9 Å². The number of hydrogen-bond donors (Lipinski definition) is 1. The number of nitrogens with one attached hydrogen (secondary N) is 1. The first-order valence-electron chi connectivity index (χ1n) is 8.81. The number of fused-ring (bicyclic) bond motifs is 4. The quantitative estimate of drug-likeness (QED) is 0.648. The highest BCUT2D eigenvalue weighted by molar-refractivity contribution is 5.86. The van der Waals surface area contributed by atoms with Gasteiger partial charge in [0.15, 0.2) is 0 Å². The van der Waals surface area contributed by atoms with E-state index in [1.807, 2.05) is 0 Å². The second-order valence-corrected chi connectivity index (χ2v) is 7.28. The number of carbonyl (C=O) groups is 1. The number of piperidine rings is 3. The topological polar surface area (TPSA) is 45.3 Å². The number of carbonyl (C=O) groups excluding carboxylic acids is 1. The van der Waals surface area contributed by atoms with E-state index in [1.54, 1.807) is 0 Å². The minimum Gasteiger partial charge on any atom is -0.469 e. The fraction of sp³-hybridized carbons (Fsp3) is 0.450. The summed E-state index contributed by atoms with van der Waals surface area (Å²) in [5.74, 6) is 0.241. The van der Waals surface area contributed by atoms with Gasteiger partial charge in [0.25, 0.3) is 0 Å². The smallest absolute Gasteiger partial charge is 0.310 e. The van der Waals surface area contributed by atoms with Gasteiger partial charge in [0.1, 0.15) is 0 Å². The summed E-state index contributed by atoms with van der Waals surface area (Å²) < 4.78 is 5.18. The third-order valence-electron chi connectivity index (χ3n) is 6.43. The van der Waals surface area contributed by atoms with Gasteiger partial charge in [0, 0.05) is 29.2 Å². The second kappa shape index (κ2) is 4.96. The van der Waals surface area contributed by atoms with Gasteiger partial charge in [-0.15, -0.1) is 0 Å². The molecular weight excluding hydrogens is 300 g/mol. The molecule has 5 atom stereocenters. The molecule has 4 bridgehead atoms. The lowest BCUT2D eigenvalue weighted by Gasteiger charge is -2.57. The van der Waals surface area contributed by atoms with Crippen molar-refractivity contribution in [2.24, 2.45) is 11.8 Å². The number of rotatable bonds is 1. The molecule has 1 N–H and O–H groups in total. The fourth-order valence-corrected chi connectivity index (χ4v) is 5.39. The van der Waals surface area contributed by atoms with Crippen LogP contribution in [0.5, 0.6) is 0 Å². The highest BCUT2D eigenvalue weighted by Gasteiger charge is 2.55. The van der Waals surface area contributed by atoms with Crippen LogP contribution in [-0.2, 0) is 16.0 Å². The maximum atomic E-state index is 12.5. The Kier molecular flexibility index (Phi) is 2.95. The Morgan fingerprint density at radius 1 is 1.38 bits per heavy atom. The van der Waals surface area contributed by atoms with Crippen molar-refractivity contribution in [1.82, 2.24) is 9.88 Å². The van der Waals surface area contributed by atoms with Gasteiger partial charge in [-0.25, -0.2) is 0 Å². The van der Waals surface area contributed by atoms with E-state index in [2.05, 4.69) is 47.1 Å². The van der Waals surface area contributed by atoms with Gasteiger partial charge in [-0.2, -0.15) is 0 Å². The molecular formula is C20H22N2O2. The van der Waals surface area contributed by atoms with Crippen molar-refractivity contribution >= 4 is 16.9 Å². The zero-order valence-corrected chi connectivity index (χ0v) is 14.1. The van der Waals surface area contributed by atoms with Crippen LogP contribution in [0.25, 0.3) is 10.9 Å². The van der Waals surface area contributed by atoms with Crippen LogP contribution < -0.4 is 0 Å². The summed E-state index contributed by atoms with van der Waals surface area (Å²) >= 11 is 0. The molecule has 24 heavy (non-hydrogen) atoms. The highest BCUT2D eigenvalue weighted by atomic mass is 16.5. The van der Waals surface area contributed by atoms with Gasteiger partial charge in [-0.1, -0.05) is 29.8 Å². The summed E-state index contributed by atoms with van der Waals surface area (Å²) in [6.07, 6.45) is 4.15. The lowest BCUT2D eigenvalue weighted by Crippen LogP contribution is -2.62. The Balaban J connectivity index is 1.67. The number of aromatic nitrogens is 1. The van der Waals surface area contributed by atoms with Crippen molar-refractivity contribution in [2.45, 2.75) is 31.8 Å². The molecule has 2 aromatic rings. The van der Waals surface area contributed by atoms with Crippen LogP contribution in [0, 0.1) is 11.8 Å². The van der Waals surface area contributed by atoms with Crippen LogP contribution in [0.4, 0.5) is 0 Å². The Bertz CT molecular complexity index is 866. The second-order valence-electron chi connectivity index (χ2n) is 7.28. The van der Waals surface area contributed by atoms with Gasteiger partial charge in [0.05, 0.1) is 19.1 Å². The monoisotopic (exact) mass is 322 g/mol. The normalized spacial score (nSPS) is 35.2. The third kappa shape index (κ3) is 1.69. The maximum Gasteiger partial charge on any atom is 0.310 e. The van der Waals surface area contributed by atoms with E-state index in [9.17, 15) is 4.79 Å². The minimum absolute atomic E-state index is 0.0342. The van der Waals surface area contributed by atoms with Crippen molar-refractivity contribution in [3.63, 3.8) is 0 Å². The molecule has 6 rings (SSSR count). The molecule has 4 aliphatic heterocycles. The predicted molar refractivity (Wildman–Crippen MR) is 92.6 cm³/mol. The number of H-pyrrole nitrogens is 1. The Morgan fingerprint density at radius 3 is 3.00 bits per heavy atom. The Morgan fingerprint density at radius 2 is 2.21 bits per heavy atom. The minimum atomic E-state index is -0.0456. The molecule has 4 nitrogen and oxygen atoms in total. The van der Waals surface area contributed by atoms with E-state index in [1.165, 1.54) is 34.8 Å². The number of ether oxygens (including phenoxy) is 1. The maximum absolute atomic E-state index is 12.5. The average Bonchev–Trinajstić information content (AvgIpc) is 2.99. The van der Waals surface area contributed by atoms with Crippen LogP contribution >= 0.6 is 0 Å². The van der Waals surface area contributed by atoms with E-state index in [0.717, 1.165) is 19.4 Å². The standard InChI is InChI=1S/C20H22N2O2/c1-3-11-10-22-16-9-14-12-6-4-5-7-15(12)21-19(14)17(22)8-13(11)18(16)20(23)24-2/h3-7,13,16-18,21H,8-10H2,1-2H3/t13-,16-,17-,18+/m0/s1. The van der Waals surface area contributed by atoms with Gasteiger partial charge < -0.3 is 9.72 Å². The Labute approximate surface area is 141 Å². The lowest BCUT2D eigenvalue weighted by atomic mass is 9.64. The van der Waals surface area contributed by atoms with Gasteiger partial charge in [-0.3, -0.25) is 9.69 Å². The average molecular weight is 322 g/mol. The van der Waals surface area contributed by atoms with Crippen molar-refractivity contribution in [3.05, 3.63) is 47.2 Å². The molecule has 0 amide bonds. The van der Waals surface area contributed by atoms with E-state index in [4.69, 9.17) is 4.74 Å². The van der Waals surface area contributed by atoms with Crippen LogP contribution in [0.3, 0.4) is 0 Å². The van der Waals surface area contributed by atoms with Crippen LogP contribution in [0.15, 0.2) is 35.9 Å². The first-order valence-corrected chi connectivity index (χ1v) is 8.81. The fourth-order valence-electron chi connectivity index (χ4n) is 5.39. The van der Waals surface area contributed by atoms with Gasteiger partial charge >= 0.3 is 5.97 Å². The summed E-state index contributed by atoms with van der Waals surface area (Å²) in [7, 11) is 1.52. The van der Waals surface area contributed by atoms with Crippen LogP contribution in [0.1, 0.15) is 30.6 Å². The number of nitrogens with zero attached hydrogens (tertiary/aromatic N) is 1. The van der Waals surface area contributed by atoms with Gasteiger partial charge in [0.2, 0.25) is 0 Å². The largest absolute Gasteiger partial charge is 0.469 e. The van der Waals surface area contributed by atoms with Crippen LogP contribution in [0.2, 0.25) is 0 Å². The molecule has 3 fully saturated rings. The molecule has 0 aliphatic carbocycles. The predicted octanol–water partition coefficient (Wildman–Crippen LogP) is 3.20. The molecule has 1 aromatic heterocycles. The van der Waals surface area contributed by atoms with Crippen molar-refractivity contribution in [3.8, 4) is 0 Å². The van der Waals surface area contributed by atoms with E-state index in [0.29, 0.717) is 12.0 Å². The molecule has 1 unspecified atom stereocenters. The molecule has 0 spiro atoms. The molecule has 4 aliphatic rings. The SMILES string of the molecule is CC=C1CN2[C@H]3C[C@@H]1[C@@H](C(=O)OC)[C@@H]2Cc1c3[nH]c2ccccc12. The number of hydrogen-bond acceptors (Lipinski definition) is 3. The summed E-state index contributed by atoms with van der Waals surface area (Å²) in [5.41, 5.74) is 5.40. The Hall–Kier alpha value is -2.07. The van der Waals surface area contributed by atoms with Crippen molar-refractivity contribution < 1.29 is 9.53 Å². The van der Waals surface area contributed by atoms with Crippen molar-refractivity contribution in [2.75, 3.05) is 13.7 Å². The number of benzene rings is 1. The number of para-hydroxylation sites is 1.